The number of ether oxygens (including phenoxy) is 3. The highest BCUT2D eigenvalue weighted by atomic mass is 35.5. The van der Waals surface area contributed by atoms with Gasteiger partial charge in [0.1, 0.15) is 18.1 Å². The fourth-order valence-corrected chi connectivity index (χ4v) is 4.47. The number of hydrogen-bond acceptors (Lipinski definition) is 10. The average molecular weight is 610 g/mol. The van der Waals surface area contributed by atoms with Crippen LogP contribution < -0.4 is 22.1 Å². The Kier molecular flexibility index (Phi) is 14.2. The van der Waals surface area contributed by atoms with Crippen molar-refractivity contribution >= 4 is 29.2 Å². The molecule has 14 heteroatoms. The number of nitrogens with one attached hydrogen (secondary N) is 2. The van der Waals surface area contributed by atoms with Gasteiger partial charge in [0, 0.05) is 43.8 Å². The maximum absolute atomic E-state index is 12.8. The smallest absolute Gasteiger partial charge is 0.351 e. The molecule has 0 aliphatic carbocycles. The Morgan fingerprint density at radius 1 is 1.05 bits per heavy atom. The van der Waals surface area contributed by atoms with Gasteiger partial charge in [0.15, 0.2) is 0 Å². The second-order valence-electron chi connectivity index (χ2n) is 9.81. The number of nitrogen functional groups attached to an aromatic ring is 1. The average Bonchev–Trinajstić information content (AvgIpc) is 3.36. The molecule has 2 amide bonds. The topological polar surface area (TPSA) is 187 Å². The lowest BCUT2D eigenvalue weighted by Gasteiger charge is -2.16. The number of hydrogen-bond donors (Lipinski definition) is 5. The zero-order valence-electron chi connectivity index (χ0n) is 23.5. The van der Waals surface area contributed by atoms with Crippen molar-refractivity contribution in [2.45, 2.75) is 57.1 Å². The standard InChI is InChI=1S/C28H40ClN5O8/c29-9-3-1-2-4-11-40-13-14-41-12-10-31-26(37)20-7-5-19(6-8-20)16-32-27(38)21-17-34(28(39)33-25(21)30)24-15-22(36)23(18-35)42-24/h5-8,17,22-24,35-36H,1-4,9-16,18H2,(H,31,37)(H,32,38)(H2,30,33,39)/t22?,23-,24-/m1/s1. The number of anilines is 1. The van der Waals surface area contributed by atoms with Crippen molar-refractivity contribution in [1.29, 1.82) is 0 Å². The zero-order chi connectivity index (χ0) is 30.3. The highest BCUT2D eigenvalue weighted by Gasteiger charge is 2.35. The number of aliphatic hydroxyl groups excluding tert-OH is 2. The van der Waals surface area contributed by atoms with E-state index in [-0.39, 0.29) is 30.3 Å². The summed E-state index contributed by atoms with van der Waals surface area (Å²) in [5.74, 6) is -0.359. The van der Waals surface area contributed by atoms with Crippen molar-refractivity contribution in [3.63, 3.8) is 0 Å². The van der Waals surface area contributed by atoms with Gasteiger partial charge in [0.2, 0.25) is 0 Å². The van der Waals surface area contributed by atoms with Crippen molar-refractivity contribution < 1.29 is 34.0 Å². The van der Waals surface area contributed by atoms with Gasteiger partial charge in [-0.05, 0) is 30.5 Å². The van der Waals surface area contributed by atoms with Crippen LogP contribution in [0, 0.1) is 0 Å². The first-order valence-electron chi connectivity index (χ1n) is 14.0. The summed E-state index contributed by atoms with van der Waals surface area (Å²) in [6.07, 6.45) is 2.86. The predicted octanol–water partition coefficient (Wildman–Crippen LogP) is 0.958. The molecule has 13 nitrogen and oxygen atoms in total. The summed E-state index contributed by atoms with van der Waals surface area (Å²) in [7, 11) is 0. The zero-order valence-corrected chi connectivity index (χ0v) is 24.3. The van der Waals surface area contributed by atoms with Crippen LogP contribution in [0.4, 0.5) is 5.82 Å². The third-order valence-electron chi connectivity index (χ3n) is 6.67. The number of benzene rings is 1. The second-order valence-corrected chi connectivity index (χ2v) is 10.2. The number of alkyl halides is 1. The van der Waals surface area contributed by atoms with Crippen LogP contribution in [0.25, 0.3) is 0 Å². The molecule has 232 valence electrons. The van der Waals surface area contributed by atoms with Crippen molar-refractivity contribution in [3.8, 4) is 0 Å². The van der Waals surface area contributed by atoms with Gasteiger partial charge in [-0.2, -0.15) is 4.98 Å². The minimum Gasteiger partial charge on any atom is -0.394 e. The number of aromatic nitrogens is 2. The lowest BCUT2D eigenvalue weighted by Crippen LogP contribution is -2.32. The lowest BCUT2D eigenvalue weighted by atomic mass is 10.1. The van der Waals surface area contributed by atoms with E-state index in [9.17, 15) is 24.6 Å². The second kappa shape index (κ2) is 17.8. The Labute approximate surface area is 249 Å². The molecule has 1 aromatic heterocycles. The Bertz CT molecular complexity index is 1200. The molecular weight excluding hydrogens is 570 g/mol. The number of carbonyl (C=O) groups is 2. The third kappa shape index (κ3) is 10.3. The minimum atomic E-state index is -0.961. The first-order valence-corrected chi connectivity index (χ1v) is 14.6. The number of nitrogens with zero attached hydrogens (tertiary/aromatic N) is 2. The Hall–Kier alpha value is -3.07. The van der Waals surface area contributed by atoms with Crippen LogP contribution in [0.1, 0.15) is 64.6 Å². The van der Waals surface area contributed by atoms with Gasteiger partial charge >= 0.3 is 5.69 Å². The largest absolute Gasteiger partial charge is 0.394 e. The molecule has 1 aliphatic rings. The van der Waals surface area contributed by atoms with E-state index in [1.165, 1.54) is 6.20 Å². The number of rotatable bonds is 18. The molecule has 0 saturated carbocycles. The van der Waals surface area contributed by atoms with Crippen LogP contribution in [0.3, 0.4) is 0 Å². The van der Waals surface area contributed by atoms with Gasteiger partial charge in [-0.15, -0.1) is 11.6 Å². The van der Waals surface area contributed by atoms with E-state index in [0.717, 1.165) is 35.8 Å². The minimum absolute atomic E-state index is 0.0389. The molecule has 1 aliphatic heterocycles. The fraction of sp³-hybridized carbons (Fsp3) is 0.571. The molecule has 1 saturated heterocycles. The number of aliphatic hydroxyl groups is 2. The van der Waals surface area contributed by atoms with Gasteiger partial charge in [0.05, 0.1) is 38.1 Å². The number of halogens is 1. The normalized spacial score (nSPS) is 18.2. The SMILES string of the molecule is Nc1nc(=O)n([C@H]2CC(O)[C@@H](CO)O2)cc1C(=O)NCc1ccc(C(=O)NCCOCCOCCCCCCCl)cc1. The van der Waals surface area contributed by atoms with Crippen molar-refractivity contribution in [3.05, 3.63) is 57.6 Å². The van der Waals surface area contributed by atoms with Gasteiger partial charge in [-0.1, -0.05) is 25.0 Å². The molecule has 0 bridgehead atoms. The Balaban J connectivity index is 1.38. The van der Waals surface area contributed by atoms with Crippen LogP contribution in [0.5, 0.6) is 0 Å². The van der Waals surface area contributed by atoms with Crippen LogP contribution in [-0.2, 0) is 20.8 Å². The molecule has 0 spiro atoms. The highest BCUT2D eigenvalue weighted by Crippen LogP contribution is 2.27. The fourth-order valence-electron chi connectivity index (χ4n) is 4.28. The Morgan fingerprint density at radius 2 is 1.76 bits per heavy atom. The lowest BCUT2D eigenvalue weighted by molar-refractivity contribution is -0.0459. The van der Waals surface area contributed by atoms with Crippen molar-refractivity contribution in [2.75, 3.05) is 51.2 Å². The molecule has 1 aromatic carbocycles. The van der Waals surface area contributed by atoms with Gasteiger partial charge in [-0.3, -0.25) is 14.2 Å². The number of unbranched alkanes of at least 4 members (excludes halogenated alkanes) is 3. The van der Waals surface area contributed by atoms with Gasteiger partial charge in [-0.25, -0.2) is 4.79 Å². The summed E-state index contributed by atoms with van der Waals surface area (Å²) in [5.41, 5.74) is 6.23. The Morgan fingerprint density at radius 3 is 2.45 bits per heavy atom. The summed E-state index contributed by atoms with van der Waals surface area (Å²) >= 11 is 5.65. The molecular formula is C28H40ClN5O8. The van der Waals surface area contributed by atoms with Crippen LogP contribution in [0.2, 0.25) is 0 Å². The first-order chi connectivity index (χ1) is 20.3. The molecule has 3 rings (SSSR count). The summed E-state index contributed by atoms with van der Waals surface area (Å²) in [6.45, 7) is 2.13. The summed E-state index contributed by atoms with van der Waals surface area (Å²) < 4.78 is 17.6. The third-order valence-corrected chi connectivity index (χ3v) is 6.93. The summed E-state index contributed by atoms with van der Waals surface area (Å²) in [6, 6.07) is 6.72. The maximum atomic E-state index is 12.8. The monoisotopic (exact) mass is 609 g/mol. The van der Waals surface area contributed by atoms with E-state index in [0.29, 0.717) is 44.4 Å². The predicted molar refractivity (Wildman–Crippen MR) is 155 cm³/mol. The van der Waals surface area contributed by atoms with E-state index in [4.69, 9.17) is 31.5 Å². The molecule has 2 aromatic rings. The molecule has 3 atom stereocenters. The first kappa shape index (κ1) is 33.4. The maximum Gasteiger partial charge on any atom is 0.351 e. The molecule has 42 heavy (non-hydrogen) atoms. The van der Waals surface area contributed by atoms with E-state index < -0.39 is 36.6 Å². The van der Waals surface area contributed by atoms with Crippen molar-refractivity contribution in [2.24, 2.45) is 0 Å². The number of nitrogens with two attached hydrogens (primary N) is 1. The van der Waals surface area contributed by atoms with Crippen LogP contribution in [-0.4, -0.2) is 89.2 Å². The number of carbonyl (C=O) groups excluding carboxylic acids is 2. The highest BCUT2D eigenvalue weighted by molar-refractivity contribution is 6.17. The molecule has 2 heterocycles. The summed E-state index contributed by atoms with van der Waals surface area (Å²) in [4.78, 5) is 41.2. The molecule has 1 fully saturated rings. The van der Waals surface area contributed by atoms with E-state index >= 15 is 0 Å². The molecule has 6 N–H and O–H groups in total. The van der Waals surface area contributed by atoms with Gasteiger partial charge < -0.3 is 40.8 Å². The van der Waals surface area contributed by atoms with Gasteiger partial charge in [0.25, 0.3) is 11.8 Å². The van der Waals surface area contributed by atoms with Crippen LogP contribution in [0.15, 0.2) is 35.3 Å². The number of amides is 2. The summed E-state index contributed by atoms with van der Waals surface area (Å²) in [5, 5.41) is 24.8. The quantitative estimate of drug-likeness (QED) is 0.120. The van der Waals surface area contributed by atoms with E-state index in [1.54, 1.807) is 24.3 Å². The van der Waals surface area contributed by atoms with E-state index in [1.807, 2.05) is 0 Å². The van der Waals surface area contributed by atoms with Crippen molar-refractivity contribution in [1.82, 2.24) is 20.2 Å². The van der Waals surface area contributed by atoms with Crippen LogP contribution >= 0.6 is 11.6 Å². The molecule has 0 radical (unpaired) electrons. The van der Waals surface area contributed by atoms with E-state index in [2.05, 4.69) is 15.6 Å². The molecule has 1 unspecified atom stereocenters.